The number of nitrogens with one attached hydrogen (secondary N) is 2. The second-order valence-electron chi connectivity index (χ2n) is 2.66. The van der Waals surface area contributed by atoms with Gasteiger partial charge < -0.3 is 0 Å². The van der Waals surface area contributed by atoms with Gasteiger partial charge in [-0.2, -0.15) is 0 Å². The van der Waals surface area contributed by atoms with Gasteiger partial charge in [0, 0.05) is 0 Å². The zero-order valence-corrected chi connectivity index (χ0v) is 17.0. The van der Waals surface area contributed by atoms with Crippen LogP contribution in [0.25, 0.3) is 0 Å². The molecule has 2 N–H and O–H groups in total. The summed E-state index contributed by atoms with van der Waals surface area (Å²) in [5, 5.41) is 0. The van der Waals surface area contributed by atoms with E-state index < -0.39 is 37.9 Å². The first-order chi connectivity index (χ1) is 8.62. The summed E-state index contributed by atoms with van der Waals surface area (Å²) in [4.78, 5) is 5.78. The van der Waals surface area contributed by atoms with Crippen molar-refractivity contribution in [1.82, 2.24) is 9.97 Å². The molecule has 2 aromatic rings. The number of hydrogen-bond donors (Lipinski definition) is 2. The molecule has 0 fully saturated rings. The molecule has 2 aromatic heterocycles. The molecule has 0 aromatic carbocycles. The quantitative estimate of drug-likeness (QED) is 0.247. The van der Waals surface area contributed by atoms with E-state index in [1.54, 1.807) is 0 Å². The molecular weight excluding hydrogens is 548 g/mol. The van der Waals surface area contributed by atoms with Crippen LogP contribution in [0.3, 0.4) is 0 Å². The number of aromatic nitrogens is 4. The van der Waals surface area contributed by atoms with E-state index in [1.165, 1.54) is 0 Å². The van der Waals surface area contributed by atoms with Crippen molar-refractivity contribution < 1.29 is 47.0 Å². The maximum absolute atomic E-state index is 4.87. The predicted molar refractivity (Wildman–Crippen MR) is 67.3 cm³/mol. The molecule has 0 amide bonds. The number of imidazole rings is 2. The fourth-order valence-electron chi connectivity index (χ4n) is 0.728. The van der Waals surface area contributed by atoms with Gasteiger partial charge in [-0.05, 0) is 0 Å². The van der Waals surface area contributed by atoms with E-state index in [4.69, 9.17) is 35.6 Å². The Morgan fingerprint density at radius 1 is 0.778 bits per heavy atom. The van der Waals surface area contributed by atoms with E-state index in [0.717, 1.165) is 0 Å². The molecule has 0 atom stereocenters. The standard InChI is InChI=1S/2C4H6N2.2Cl2I/c2*1-6-3-2-5-4-6;2*1-3-2/h2*2-4H,1H3;;/q;;2*-1/p+2. The van der Waals surface area contributed by atoms with E-state index in [9.17, 15) is 0 Å². The summed E-state index contributed by atoms with van der Waals surface area (Å²) in [5.41, 5.74) is 0. The molecule has 0 aliphatic carbocycles. The molecule has 0 saturated carbocycles. The van der Waals surface area contributed by atoms with Crippen LogP contribution in [0.4, 0.5) is 0 Å². The molecule has 10 heteroatoms. The van der Waals surface area contributed by atoms with Crippen LogP contribution >= 0.6 is 35.6 Å². The Kier molecular flexibility index (Phi) is 21.4. The molecule has 0 radical (unpaired) electrons. The molecule has 0 bridgehead atoms. The zero-order valence-electron chi connectivity index (χ0n) is 9.63. The van der Waals surface area contributed by atoms with E-state index in [1.807, 2.05) is 60.7 Å². The Hall–Kier alpha value is 1.04. The number of rotatable bonds is 0. The monoisotopic (exact) mass is 560 g/mol. The number of nitrogens with zero attached hydrogens (tertiary/aromatic N) is 2. The molecule has 108 valence electrons. The van der Waals surface area contributed by atoms with E-state index in [0.29, 0.717) is 0 Å². The van der Waals surface area contributed by atoms with Crippen LogP contribution in [-0.2, 0) is 14.1 Å². The van der Waals surface area contributed by atoms with E-state index in [-0.39, 0.29) is 0 Å². The van der Waals surface area contributed by atoms with Crippen molar-refractivity contribution in [3.05, 3.63) is 37.4 Å². The molecule has 2 heterocycles. The topological polar surface area (TPSA) is 39.3 Å². The molecule has 0 spiro atoms. The van der Waals surface area contributed by atoms with E-state index >= 15 is 0 Å². The van der Waals surface area contributed by atoms with Crippen molar-refractivity contribution in [2.24, 2.45) is 14.1 Å². The van der Waals surface area contributed by atoms with Crippen molar-refractivity contribution in [2.45, 2.75) is 0 Å². The average molecular weight is 562 g/mol. The Labute approximate surface area is 142 Å². The molecule has 2 rings (SSSR count). The minimum atomic E-state index is -0.466. The predicted octanol–water partition coefficient (Wildman–Crippen LogP) is -3.56. The third kappa shape index (κ3) is 19.4. The fraction of sp³-hybridized carbons (Fsp3) is 0.250. The van der Waals surface area contributed by atoms with Gasteiger partial charge in [0.05, 0.1) is 14.1 Å². The molecule has 4 nitrogen and oxygen atoms in total. The summed E-state index contributed by atoms with van der Waals surface area (Å²) in [7, 11) is 23.4. The normalized spacial score (nSPS) is 8.33. The summed E-state index contributed by atoms with van der Waals surface area (Å²) in [5.74, 6) is 0. The maximum atomic E-state index is 4.87. The Bertz CT molecular complexity index is 296. The number of aromatic amines is 2. The summed E-state index contributed by atoms with van der Waals surface area (Å²) < 4.78 is 3.89. The fourth-order valence-corrected chi connectivity index (χ4v) is 0.728. The Morgan fingerprint density at radius 2 is 1.06 bits per heavy atom. The summed E-state index contributed by atoms with van der Waals surface area (Å²) in [6.45, 7) is 0. The third-order valence-electron chi connectivity index (χ3n) is 1.37. The zero-order chi connectivity index (χ0) is 14.2. The minimum absolute atomic E-state index is 0.466. The first kappa shape index (κ1) is 21.3. The molecule has 18 heavy (non-hydrogen) atoms. The molecule has 0 unspecified atom stereocenters. The van der Waals surface area contributed by atoms with Gasteiger partial charge in [-0.25, -0.2) is 9.13 Å². The van der Waals surface area contributed by atoms with Gasteiger partial charge in [0.25, 0.3) is 0 Å². The van der Waals surface area contributed by atoms with Gasteiger partial charge in [0.2, 0.25) is 12.7 Å². The summed E-state index contributed by atoms with van der Waals surface area (Å²) in [6.07, 6.45) is 11.4. The van der Waals surface area contributed by atoms with Gasteiger partial charge >= 0.3 is 73.5 Å². The molecular formula is C8H14Cl4I2N4. The van der Waals surface area contributed by atoms with Crippen LogP contribution in [0.5, 0.6) is 0 Å². The number of hydrogen-bond acceptors (Lipinski definition) is 0. The average Bonchev–Trinajstić information content (AvgIpc) is 2.95. The van der Waals surface area contributed by atoms with Crippen molar-refractivity contribution >= 4 is 35.6 Å². The van der Waals surface area contributed by atoms with Gasteiger partial charge in [-0.15, -0.1) is 0 Å². The van der Waals surface area contributed by atoms with E-state index in [2.05, 4.69) is 9.97 Å². The molecule has 0 aliphatic heterocycles. The second-order valence-corrected chi connectivity index (χ2v) is 9.07. The van der Waals surface area contributed by atoms with Crippen molar-refractivity contribution in [2.75, 3.05) is 0 Å². The van der Waals surface area contributed by atoms with Gasteiger partial charge in [-0.3, -0.25) is 9.97 Å². The third-order valence-corrected chi connectivity index (χ3v) is 1.37. The van der Waals surface area contributed by atoms with Crippen LogP contribution in [0.1, 0.15) is 0 Å². The van der Waals surface area contributed by atoms with Gasteiger partial charge in [-0.1, -0.05) is 0 Å². The van der Waals surface area contributed by atoms with Crippen molar-refractivity contribution in [3.8, 4) is 0 Å². The summed E-state index contributed by atoms with van der Waals surface area (Å²) in [6, 6.07) is 0. The first-order valence-electron chi connectivity index (χ1n) is 4.32. The first-order valence-corrected chi connectivity index (χ1v) is 15.2. The summed E-state index contributed by atoms with van der Waals surface area (Å²) >= 11 is -0.931. The van der Waals surface area contributed by atoms with Crippen LogP contribution < -0.4 is 47.0 Å². The van der Waals surface area contributed by atoms with Gasteiger partial charge in [0.1, 0.15) is 24.8 Å². The molecule has 0 saturated heterocycles. The van der Waals surface area contributed by atoms with Gasteiger partial charge in [0.15, 0.2) is 0 Å². The second kappa shape index (κ2) is 18.0. The van der Waals surface area contributed by atoms with Crippen molar-refractivity contribution in [3.63, 3.8) is 0 Å². The van der Waals surface area contributed by atoms with Crippen LogP contribution in [0.2, 0.25) is 0 Å². The van der Waals surface area contributed by atoms with Crippen molar-refractivity contribution in [1.29, 1.82) is 0 Å². The SMILES string of the molecule is C[n+]1cc[nH]c1.C[n+]1cc[nH]c1.Cl[I-]Cl.Cl[I-]Cl. The Morgan fingerprint density at radius 3 is 1.11 bits per heavy atom. The number of halogens is 6. The molecule has 0 aliphatic rings. The van der Waals surface area contributed by atoms with Crippen LogP contribution in [-0.4, -0.2) is 9.97 Å². The number of aryl methyl sites for hydroxylation is 2. The van der Waals surface area contributed by atoms with Crippen LogP contribution in [0.15, 0.2) is 37.4 Å². The van der Waals surface area contributed by atoms with Crippen LogP contribution in [0, 0.1) is 0 Å². The number of H-pyrrole nitrogens is 2. The Balaban J connectivity index is 0.